The van der Waals surface area contributed by atoms with E-state index in [9.17, 15) is 13.2 Å². The van der Waals surface area contributed by atoms with Crippen LogP contribution in [0.2, 0.25) is 0 Å². The number of nitrogens with one attached hydrogen (secondary N) is 2. The zero-order valence-electron chi connectivity index (χ0n) is 23.9. The fourth-order valence-corrected chi connectivity index (χ4v) is 6.56. The minimum Gasteiger partial charge on any atom is -0.455 e. The van der Waals surface area contributed by atoms with E-state index >= 15 is 0 Å². The summed E-state index contributed by atoms with van der Waals surface area (Å²) in [4.78, 5) is 15.7. The lowest BCUT2D eigenvalue weighted by Gasteiger charge is -2.35. The van der Waals surface area contributed by atoms with Crippen molar-refractivity contribution < 1.29 is 17.9 Å². The van der Waals surface area contributed by atoms with Crippen LogP contribution in [-0.2, 0) is 21.4 Å². The van der Waals surface area contributed by atoms with Gasteiger partial charge in [0, 0.05) is 31.6 Å². The molecule has 1 aliphatic heterocycles. The lowest BCUT2D eigenvalue weighted by atomic mass is 9.77. The van der Waals surface area contributed by atoms with E-state index in [1.165, 1.54) is 32.1 Å². The van der Waals surface area contributed by atoms with E-state index in [0.29, 0.717) is 29.6 Å². The number of rotatable bonds is 12. The molecule has 1 heterocycles. The molecule has 0 radical (unpaired) electrons. The average molecular weight is 592 g/mol. The third-order valence-electron chi connectivity index (χ3n) is 8.07. The molecule has 4 rings (SSSR count). The van der Waals surface area contributed by atoms with Gasteiger partial charge in [-0.05, 0) is 67.9 Å². The average Bonchev–Trinajstić information content (AvgIpc) is 2.92. The Morgan fingerprint density at radius 1 is 1.02 bits per heavy atom. The van der Waals surface area contributed by atoms with Crippen molar-refractivity contribution in [2.24, 2.45) is 11.8 Å². The van der Waals surface area contributed by atoms with Crippen molar-refractivity contribution in [3.05, 3.63) is 54.1 Å². The number of benzene rings is 2. The Hall–Kier alpha value is -2.29. The van der Waals surface area contributed by atoms with Crippen molar-refractivity contribution in [2.45, 2.75) is 83.7 Å². The van der Waals surface area contributed by atoms with E-state index in [1.807, 2.05) is 48.5 Å². The number of hydrogen-bond acceptors (Lipinski definition) is 5. The third kappa shape index (κ3) is 9.96. The first-order valence-corrected chi connectivity index (χ1v) is 16.6. The van der Waals surface area contributed by atoms with Gasteiger partial charge in [0.25, 0.3) is 0 Å². The van der Waals surface area contributed by atoms with Crippen LogP contribution < -0.4 is 14.8 Å². The number of carbonyl (C=O) groups is 1. The molecule has 1 atom stereocenters. The predicted molar refractivity (Wildman–Crippen MR) is 165 cm³/mol. The monoisotopic (exact) mass is 591 g/mol. The number of halogens is 1. The SMILES string of the molecule is CCCCC(C(=O)NC1CCN(Cc2ccc(Oc3ccccc3)c(NS(C)(=O)=O)c2)CC1)C1CCCCC1.Cl. The Kier molecular flexibility index (Phi) is 12.6. The van der Waals surface area contributed by atoms with Crippen molar-refractivity contribution in [1.82, 2.24) is 10.2 Å². The van der Waals surface area contributed by atoms with Gasteiger partial charge in [-0.25, -0.2) is 8.42 Å². The maximum atomic E-state index is 13.3. The summed E-state index contributed by atoms with van der Waals surface area (Å²) in [5.41, 5.74) is 1.45. The number of hydrogen-bond donors (Lipinski definition) is 2. The van der Waals surface area contributed by atoms with Crippen molar-refractivity contribution in [3.63, 3.8) is 0 Å². The van der Waals surface area contributed by atoms with Gasteiger partial charge in [-0.1, -0.05) is 63.3 Å². The molecule has 222 valence electrons. The summed E-state index contributed by atoms with van der Waals surface area (Å²) in [5.74, 6) is 2.10. The van der Waals surface area contributed by atoms with Crippen LogP contribution in [0.3, 0.4) is 0 Å². The lowest BCUT2D eigenvalue weighted by molar-refractivity contribution is -0.128. The van der Waals surface area contributed by atoms with E-state index in [1.54, 1.807) is 0 Å². The van der Waals surface area contributed by atoms with Crippen LogP contribution in [0.25, 0.3) is 0 Å². The van der Waals surface area contributed by atoms with Crippen LogP contribution in [0.5, 0.6) is 11.5 Å². The molecule has 2 aliphatic rings. The Morgan fingerprint density at radius 2 is 1.73 bits per heavy atom. The first-order chi connectivity index (χ1) is 18.8. The molecule has 9 heteroatoms. The van der Waals surface area contributed by atoms with Gasteiger partial charge in [-0.3, -0.25) is 14.4 Å². The summed E-state index contributed by atoms with van der Waals surface area (Å²) in [6.07, 6.45) is 12.5. The standard InChI is InChI=1S/C31H45N3O4S.ClH/c1-3-4-15-28(25-11-7-5-8-12-25)31(35)32-26-18-20-34(21-19-26)23-24-16-17-30(29(22-24)33-39(2,36)37)38-27-13-9-6-10-14-27;/h6,9-10,13-14,16-17,22,25-26,28,33H,3-5,7-8,11-12,15,18-21,23H2,1-2H3,(H,32,35);1H. The van der Waals surface area contributed by atoms with E-state index in [-0.39, 0.29) is 30.3 Å². The molecule has 1 saturated heterocycles. The number of nitrogens with zero attached hydrogens (tertiary/aromatic N) is 1. The van der Waals surface area contributed by atoms with Gasteiger partial charge < -0.3 is 10.1 Å². The maximum absolute atomic E-state index is 13.3. The molecule has 2 aromatic carbocycles. The number of piperidine rings is 1. The maximum Gasteiger partial charge on any atom is 0.229 e. The summed E-state index contributed by atoms with van der Waals surface area (Å²) in [6.45, 7) is 4.71. The van der Waals surface area contributed by atoms with Gasteiger partial charge in [0.05, 0.1) is 11.9 Å². The molecule has 2 fully saturated rings. The molecule has 7 nitrogen and oxygen atoms in total. The Bertz CT molecular complexity index is 1160. The highest BCUT2D eigenvalue weighted by Crippen LogP contribution is 2.34. The molecular weight excluding hydrogens is 546 g/mol. The van der Waals surface area contributed by atoms with Crippen LogP contribution in [0.15, 0.2) is 48.5 Å². The quantitative estimate of drug-likeness (QED) is 0.285. The second-order valence-corrected chi connectivity index (χ2v) is 13.1. The minimum absolute atomic E-state index is 0. The minimum atomic E-state index is -3.47. The first kappa shape index (κ1) is 32.2. The molecule has 2 aromatic rings. The number of unbranched alkanes of at least 4 members (excludes halogenated alkanes) is 1. The summed E-state index contributed by atoms with van der Waals surface area (Å²) in [5, 5.41) is 3.42. The number of amides is 1. The normalized spacial score (nSPS) is 17.9. The Balaban J connectivity index is 0.00000441. The topological polar surface area (TPSA) is 87.7 Å². The lowest BCUT2D eigenvalue weighted by Crippen LogP contribution is -2.47. The van der Waals surface area contributed by atoms with E-state index in [4.69, 9.17) is 4.74 Å². The fraction of sp³-hybridized carbons (Fsp3) is 0.581. The van der Waals surface area contributed by atoms with Crippen molar-refractivity contribution in [1.29, 1.82) is 0 Å². The van der Waals surface area contributed by atoms with Gasteiger partial charge >= 0.3 is 0 Å². The van der Waals surface area contributed by atoms with Crippen LogP contribution in [0.4, 0.5) is 5.69 Å². The molecular formula is C31H46ClN3O4S. The molecule has 0 bridgehead atoms. The van der Waals surface area contributed by atoms with Crippen LogP contribution in [0, 0.1) is 11.8 Å². The molecule has 2 N–H and O–H groups in total. The smallest absolute Gasteiger partial charge is 0.229 e. The summed E-state index contributed by atoms with van der Waals surface area (Å²) >= 11 is 0. The van der Waals surface area contributed by atoms with Crippen molar-refractivity contribution in [2.75, 3.05) is 24.1 Å². The molecule has 0 spiro atoms. The molecule has 1 saturated carbocycles. The zero-order chi connectivity index (χ0) is 27.7. The van der Waals surface area contributed by atoms with E-state index in [0.717, 1.165) is 57.0 Å². The summed E-state index contributed by atoms with van der Waals surface area (Å²) in [7, 11) is -3.47. The number of para-hydroxylation sites is 1. The van der Waals surface area contributed by atoms with Crippen LogP contribution >= 0.6 is 12.4 Å². The molecule has 0 aromatic heterocycles. The van der Waals surface area contributed by atoms with Crippen molar-refractivity contribution in [3.8, 4) is 11.5 Å². The van der Waals surface area contributed by atoms with Gasteiger partial charge in [0.15, 0.2) is 5.75 Å². The summed E-state index contributed by atoms with van der Waals surface area (Å²) < 4.78 is 32.6. The number of ether oxygens (including phenoxy) is 1. The second-order valence-electron chi connectivity index (χ2n) is 11.3. The van der Waals surface area contributed by atoms with Crippen LogP contribution in [-0.4, -0.2) is 44.6 Å². The molecule has 1 aliphatic carbocycles. The molecule has 1 amide bonds. The molecule has 40 heavy (non-hydrogen) atoms. The number of likely N-dealkylation sites (tertiary alicyclic amines) is 1. The number of sulfonamides is 1. The second kappa shape index (κ2) is 15.6. The van der Waals surface area contributed by atoms with E-state index in [2.05, 4.69) is 21.9 Å². The Labute approximate surface area is 246 Å². The van der Waals surface area contributed by atoms with Gasteiger partial charge in [-0.2, -0.15) is 0 Å². The number of carbonyl (C=O) groups excluding carboxylic acids is 1. The third-order valence-corrected chi connectivity index (χ3v) is 8.67. The highest BCUT2D eigenvalue weighted by Gasteiger charge is 2.31. The molecule has 1 unspecified atom stereocenters. The fourth-order valence-electron chi connectivity index (χ4n) is 6.00. The van der Waals surface area contributed by atoms with Crippen molar-refractivity contribution >= 4 is 34.0 Å². The van der Waals surface area contributed by atoms with Gasteiger partial charge in [0.2, 0.25) is 15.9 Å². The number of anilines is 1. The van der Waals surface area contributed by atoms with E-state index < -0.39 is 10.0 Å². The Morgan fingerprint density at radius 3 is 2.38 bits per heavy atom. The highest BCUT2D eigenvalue weighted by atomic mass is 35.5. The zero-order valence-corrected chi connectivity index (χ0v) is 25.6. The first-order valence-electron chi connectivity index (χ1n) is 14.7. The van der Waals surface area contributed by atoms with Crippen LogP contribution in [0.1, 0.15) is 76.7 Å². The largest absolute Gasteiger partial charge is 0.455 e. The predicted octanol–water partition coefficient (Wildman–Crippen LogP) is 6.74. The van der Waals surface area contributed by atoms with Gasteiger partial charge in [0.1, 0.15) is 5.75 Å². The summed E-state index contributed by atoms with van der Waals surface area (Å²) in [6, 6.07) is 15.2. The van der Waals surface area contributed by atoms with Gasteiger partial charge in [-0.15, -0.1) is 12.4 Å². The highest BCUT2D eigenvalue weighted by molar-refractivity contribution is 7.92.